The van der Waals surface area contributed by atoms with Gasteiger partial charge >= 0.3 is 0 Å². The van der Waals surface area contributed by atoms with Gasteiger partial charge in [0.1, 0.15) is 5.82 Å². The summed E-state index contributed by atoms with van der Waals surface area (Å²) in [6.45, 7) is 0.658. The number of rotatable bonds is 6. The molecule has 0 amide bonds. The van der Waals surface area contributed by atoms with Gasteiger partial charge in [0.15, 0.2) is 0 Å². The predicted octanol–water partition coefficient (Wildman–Crippen LogP) is 1.29. The van der Waals surface area contributed by atoms with Crippen molar-refractivity contribution in [3.8, 4) is 0 Å². The van der Waals surface area contributed by atoms with Crippen molar-refractivity contribution in [3.05, 3.63) is 18.3 Å². The van der Waals surface area contributed by atoms with Crippen LogP contribution in [-0.2, 0) is 14.8 Å². The van der Waals surface area contributed by atoms with Crippen molar-refractivity contribution in [2.75, 3.05) is 18.9 Å². The summed E-state index contributed by atoms with van der Waals surface area (Å²) >= 11 is 0. The molecule has 112 valence electrons. The van der Waals surface area contributed by atoms with E-state index in [0.717, 1.165) is 12.8 Å². The number of nitrogens with zero attached hydrogens (tertiary/aromatic N) is 1. The molecule has 1 aromatic heterocycles. The molecule has 1 aliphatic carbocycles. The quantitative estimate of drug-likeness (QED) is 0.772. The van der Waals surface area contributed by atoms with Gasteiger partial charge in [-0.05, 0) is 18.9 Å². The van der Waals surface area contributed by atoms with Crippen LogP contribution in [-0.4, -0.2) is 32.7 Å². The molecule has 1 fully saturated rings. The maximum absolute atomic E-state index is 12.0. The molecule has 0 spiro atoms. The van der Waals surface area contributed by atoms with Gasteiger partial charge in [0.2, 0.25) is 10.0 Å². The normalized spacial score (nSPS) is 17.2. The summed E-state index contributed by atoms with van der Waals surface area (Å²) in [6, 6.07) is 2.75. The smallest absolute Gasteiger partial charge is 0.240 e. The topological polar surface area (TPSA) is 94.3 Å². The van der Waals surface area contributed by atoms with Crippen molar-refractivity contribution in [1.29, 1.82) is 0 Å². The van der Waals surface area contributed by atoms with Gasteiger partial charge in [-0.3, -0.25) is 0 Å². The summed E-state index contributed by atoms with van der Waals surface area (Å²) < 4.78 is 32.2. The molecule has 1 heterocycles. The number of nitrogens with one attached hydrogen (secondary N) is 1. The molecule has 0 aromatic carbocycles. The number of nitrogen functional groups attached to an aromatic ring is 1. The molecule has 0 aliphatic heterocycles. The lowest BCUT2D eigenvalue weighted by molar-refractivity contribution is 0.0321. The minimum Gasteiger partial charge on any atom is -0.384 e. The standard InChI is InChI=1S/C13H21N3O3S/c14-13-10-12(6-7-15-13)20(17,18)16-8-9-19-11-4-2-1-3-5-11/h6-7,10-11,16H,1-5,8-9H2,(H2,14,15). The third kappa shape index (κ3) is 4.43. The Hall–Kier alpha value is -1.18. The lowest BCUT2D eigenvalue weighted by Crippen LogP contribution is -2.29. The number of nitrogens with two attached hydrogens (primary N) is 1. The average Bonchev–Trinajstić information content (AvgIpc) is 2.45. The van der Waals surface area contributed by atoms with Gasteiger partial charge in [0.05, 0.1) is 17.6 Å². The summed E-state index contributed by atoms with van der Waals surface area (Å²) in [5, 5.41) is 0. The Labute approximate surface area is 119 Å². The Morgan fingerprint density at radius 2 is 2.10 bits per heavy atom. The lowest BCUT2D eigenvalue weighted by atomic mass is 9.98. The van der Waals surface area contributed by atoms with E-state index in [4.69, 9.17) is 10.5 Å². The third-order valence-electron chi connectivity index (χ3n) is 3.36. The van der Waals surface area contributed by atoms with Gasteiger partial charge in [-0.1, -0.05) is 19.3 Å². The van der Waals surface area contributed by atoms with Crippen LogP contribution in [0.25, 0.3) is 0 Å². The second-order valence-electron chi connectivity index (χ2n) is 4.94. The molecule has 1 saturated carbocycles. The van der Waals surface area contributed by atoms with Crippen molar-refractivity contribution >= 4 is 15.8 Å². The summed E-state index contributed by atoms with van der Waals surface area (Å²) in [5.74, 6) is 0.186. The largest absolute Gasteiger partial charge is 0.384 e. The molecule has 0 saturated heterocycles. The van der Waals surface area contributed by atoms with Gasteiger partial charge < -0.3 is 10.5 Å². The van der Waals surface area contributed by atoms with E-state index in [1.807, 2.05) is 0 Å². The number of aromatic nitrogens is 1. The first-order valence-electron chi connectivity index (χ1n) is 6.91. The zero-order valence-electron chi connectivity index (χ0n) is 11.4. The maximum atomic E-state index is 12.0. The van der Waals surface area contributed by atoms with E-state index in [1.165, 1.54) is 37.6 Å². The zero-order chi connectivity index (χ0) is 14.4. The monoisotopic (exact) mass is 299 g/mol. The van der Waals surface area contributed by atoms with E-state index in [0.29, 0.717) is 6.61 Å². The van der Waals surface area contributed by atoms with Gasteiger partial charge in [-0.25, -0.2) is 18.1 Å². The van der Waals surface area contributed by atoms with Crippen LogP contribution >= 0.6 is 0 Å². The highest BCUT2D eigenvalue weighted by atomic mass is 32.2. The Morgan fingerprint density at radius 1 is 1.35 bits per heavy atom. The Kier molecular flexibility index (Phi) is 5.33. The Morgan fingerprint density at radius 3 is 2.80 bits per heavy atom. The van der Waals surface area contributed by atoms with Crippen LogP contribution in [0.15, 0.2) is 23.2 Å². The zero-order valence-corrected chi connectivity index (χ0v) is 12.2. The molecular formula is C13H21N3O3S. The van der Waals surface area contributed by atoms with E-state index < -0.39 is 10.0 Å². The number of sulfonamides is 1. The summed E-state index contributed by atoms with van der Waals surface area (Å²) in [6.07, 6.45) is 7.49. The van der Waals surface area contributed by atoms with E-state index in [9.17, 15) is 8.42 Å². The molecule has 20 heavy (non-hydrogen) atoms. The Bertz CT molecular complexity index is 527. The summed E-state index contributed by atoms with van der Waals surface area (Å²) in [4.78, 5) is 3.90. The first kappa shape index (κ1) is 15.2. The molecule has 6 nitrogen and oxygen atoms in total. The van der Waals surface area contributed by atoms with Gasteiger partial charge in [0.25, 0.3) is 0 Å². The van der Waals surface area contributed by atoms with Crippen molar-refractivity contribution in [3.63, 3.8) is 0 Å². The van der Waals surface area contributed by atoms with Gasteiger partial charge in [0, 0.05) is 18.8 Å². The van der Waals surface area contributed by atoms with Gasteiger partial charge in [-0.15, -0.1) is 0 Å². The van der Waals surface area contributed by atoms with Crippen molar-refractivity contribution in [2.45, 2.75) is 43.1 Å². The molecular weight excluding hydrogens is 278 g/mol. The summed E-state index contributed by atoms with van der Waals surface area (Å²) in [7, 11) is -3.54. The molecule has 0 unspecified atom stereocenters. The van der Waals surface area contributed by atoms with Crippen LogP contribution in [0.3, 0.4) is 0 Å². The van der Waals surface area contributed by atoms with Crippen LogP contribution in [0.4, 0.5) is 5.82 Å². The number of hydrogen-bond acceptors (Lipinski definition) is 5. The fourth-order valence-corrected chi connectivity index (χ4v) is 3.35. The fourth-order valence-electron chi connectivity index (χ4n) is 2.31. The number of ether oxygens (including phenoxy) is 1. The van der Waals surface area contributed by atoms with Crippen LogP contribution < -0.4 is 10.5 Å². The van der Waals surface area contributed by atoms with Crippen molar-refractivity contribution in [2.24, 2.45) is 0 Å². The number of pyridine rings is 1. The van der Waals surface area contributed by atoms with Gasteiger partial charge in [-0.2, -0.15) is 0 Å². The maximum Gasteiger partial charge on any atom is 0.240 e. The molecule has 2 rings (SSSR count). The first-order chi connectivity index (χ1) is 9.58. The molecule has 0 atom stereocenters. The summed E-state index contributed by atoms with van der Waals surface area (Å²) in [5.41, 5.74) is 5.48. The predicted molar refractivity (Wildman–Crippen MR) is 76.7 cm³/mol. The van der Waals surface area contributed by atoms with Crippen molar-refractivity contribution < 1.29 is 13.2 Å². The molecule has 1 aromatic rings. The van der Waals surface area contributed by atoms with Crippen LogP contribution in [0.2, 0.25) is 0 Å². The van der Waals surface area contributed by atoms with E-state index in [2.05, 4.69) is 9.71 Å². The Balaban J connectivity index is 1.78. The first-order valence-corrected chi connectivity index (χ1v) is 8.39. The SMILES string of the molecule is Nc1cc(S(=O)(=O)NCCOC2CCCCC2)ccn1. The van der Waals surface area contributed by atoms with E-state index in [1.54, 1.807) is 0 Å². The third-order valence-corrected chi connectivity index (χ3v) is 4.82. The highest BCUT2D eigenvalue weighted by molar-refractivity contribution is 7.89. The second-order valence-corrected chi connectivity index (χ2v) is 6.71. The highest BCUT2D eigenvalue weighted by Crippen LogP contribution is 2.20. The van der Waals surface area contributed by atoms with Crippen LogP contribution in [0, 0.1) is 0 Å². The van der Waals surface area contributed by atoms with E-state index >= 15 is 0 Å². The minimum atomic E-state index is -3.54. The molecule has 0 radical (unpaired) electrons. The fraction of sp³-hybridized carbons (Fsp3) is 0.615. The average molecular weight is 299 g/mol. The lowest BCUT2D eigenvalue weighted by Gasteiger charge is -2.21. The van der Waals surface area contributed by atoms with Crippen LogP contribution in [0.1, 0.15) is 32.1 Å². The molecule has 3 N–H and O–H groups in total. The van der Waals surface area contributed by atoms with Crippen molar-refractivity contribution in [1.82, 2.24) is 9.71 Å². The molecule has 7 heteroatoms. The number of anilines is 1. The second kappa shape index (κ2) is 7.01. The van der Waals surface area contributed by atoms with Crippen LogP contribution in [0.5, 0.6) is 0 Å². The van der Waals surface area contributed by atoms with E-state index in [-0.39, 0.29) is 23.4 Å². The highest BCUT2D eigenvalue weighted by Gasteiger charge is 2.16. The molecule has 0 bridgehead atoms. The number of hydrogen-bond donors (Lipinski definition) is 2. The minimum absolute atomic E-state index is 0.127. The molecule has 1 aliphatic rings.